The summed E-state index contributed by atoms with van der Waals surface area (Å²) in [5, 5.41) is 0. The highest BCUT2D eigenvalue weighted by Gasteiger charge is 2.45. The minimum Gasteiger partial charge on any atom is -0.447 e. The van der Waals surface area contributed by atoms with E-state index in [9.17, 15) is 4.79 Å². The SMILES string of the molecule is CCC1(C(C)C)COC(=O)N1C. The third-order valence-electron chi connectivity index (χ3n) is 3.07. The molecule has 0 bridgehead atoms. The Morgan fingerprint density at radius 3 is 2.42 bits per heavy atom. The number of ether oxygens (including phenoxy) is 1. The number of carbonyl (C=O) groups excluding carboxylic acids is 1. The van der Waals surface area contributed by atoms with Gasteiger partial charge in [0.1, 0.15) is 6.61 Å². The van der Waals surface area contributed by atoms with Gasteiger partial charge in [-0.3, -0.25) is 0 Å². The van der Waals surface area contributed by atoms with Crippen molar-refractivity contribution in [3.05, 3.63) is 0 Å². The maximum absolute atomic E-state index is 11.2. The van der Waals surface area contributed by atoms with Crippen molar-refractivity contribution in [3.63, 3.8) is 0 Å². The van der Waals surface area contributed by atoms with Crippen molar-refractivity contribution < 1.29 is 9.53 Å². The molecule has 1 atom stereocenters. The number of hydrogen-bond acceptors (Lipinski definition) is 2. The van der Waals surface area contributed by atoms with E-state index < -0.39 is 0 Å². The molecule has 0 radical (unpaired) electrons. The molecule has 1 rings (SSSR count). The first-order valence-corrected chi connectivity index (χ1v) is 4.45. The number of nitrogens with zero attached hydrogens (tertiary/aromatic N) is 1. The standard InChI is InChI=1S/C9H17NO2/c1-5-9(7(2)3)6-12-8(11)10(9)4/h7H,5-6H2,1-4H3. The minimum absolute atomic E-state index is 0.0723. The molecule has 70 valence electrons. The van der Waals surface area contributed by atoms with Crippen LogP contribution in [-0.2, 0) is 4.74 Å². The first-order chi connectivity index (χ1) is 5.54. The van der Waals surface area contributed by atoms with Crippen LogP contribution >= 0.6 is 0 Å². The normalized spacial score (nSPS) is 29.8. The largest absolute Gasteiger partial charge is 0.447 e. The Balaban J connectivity index is 2.88. The van der Waals surface area contributed by atoms with Gasteiger partial charge < -0.3 is 9.64 Å². The summed E-state index contributed by atoms with van der Waals surface area (Å²) >= 11 is 0. The summed E-state index contributed by atoms with van der Waals surface area (Å²) < 4.78 is 5.02. The lowest BCUT2D eigenvalue weighted by atomic mass is 9.84. The molecule has 0 aromatic carbocycles. The van der Waals surface area contributed by atoms with Crippen molar-refractivity contribution in [2.75, 3.05) is 13.7 Å². The van der Waals surface area contributed by atoms with Crippen molar-refractivity contribution in [1.82, 2.24) is 4.90 Å². The van der Waals surface area contributed by atoms with E-state index >= 15 is 0 Å². The predicted octanol–water partition coefficient (Wildman–Crippen LogP) is 1.87. The van der Waals surface area contributed by atoms with Gasteiger partial charge in [0.05, 0.1) is 5.54 Å². The van der Waals surface area contributed by atoms with Crippen molar-refractivity contribution in [2.45, 2.75) is 32.7 Å². The Labute approximate surface area is 73.7 Å². The Kier molecular flexibility index (Phi) is 2.31. The van der Waals surface area contributed by atoms with Crippen LogP contribution in [0.2, 0.25) is 0 Å². The quantitative estimate of drug-likeness (QED) is 0.634. The van der Waals surface area contributed by atoms with Crippen molar-refractivity contribution in [3.8, 4) is 0 Å². The third-order valence-corrected chi connectivity index (χ3v) is 3.07. The molecule has 1 saturated heterocycles. The van der Waals surface area contributed by atoms with Crippen LogP contribution in [0.5, 0.6) is 0 Å². The van der Waals surface area contributed by atoms with Crippen LogP contribution in [0.1, 0.15) is 27.2 Å². The van der Waals surface area contributed by atoms with Gasteiger partial charge in [0.25, 0.3) is 0 Å². The lowest BCUT2D eigenvalue weighted by molar-refractivity contribution is 0.131. The highest BCUT2D eigenvalue weighted by atomic mass is 16.6. The topological polar surface area (TPSA) is 29.5 Å². The third kappa shape index (κ3) is 1.08. The lowest BCUT2D eigenvalue weighted by Gasteiger charge is -2.35. The van der Waals surface area contributed by atoms with Crippen LogP contribution in [-0.4, -0.2) is 30.2 Å². The minimum atomic E-state index is -0.189. The van der Waals surface area contributed by atoms with E-state index in [0.717, 1.165) is 6.42 Å². The maximum Gasteiger partial charge on any atom is 0.410 e. The number of carbonyl (C=O) groups is 1. The molecule has 3 nitrogen and oxygen atoms in total. The maximum atomic E-state index is 11.2. The Bertz CT molecular complexity index is 191. The molecule has 1 aliphatic rings. The summed E-state index contributed by atoms with van der Waals surface area (Å²) in [6, 6.07) is 0. The van der Waals surface area contributed by atoms with Crippen LogP contribution in [0.4, 0.5) is 4.79 Å². The zero-order valence-corrected chi connectivity index (χ0v) is 8.26. The Morgan fingerprint density at radius 1 is 1.67 bits per heavy atom. The van der Waals surface area contributed by atoms with Gasteiger partial charge in [-0.15, -0.1) is 0 Å². The molecule has 0 spiro atoms. The molecule has 1 aliphatic heterocycles. The number of hydrogen-bond donors (Lipinski definition) is 0. The van der Waals surface area contributed by atoms with E-state index in [-0.39, 0.29) is 11.6 Å². The van der Waals surface area contributed by atoms with Crippen molar-refractivity contribution in [1.29, 1.82) is 0 Å². The van der Waals surface area contributed by atoms with E-state index in [2.05, 4.69) is 20.8 Å². The summed E-state index contributed by atoms with van der Waals surface area (Å²) in [4.78, 5) is 12.9. The summed E-state index contributed by atoms with van der Waals surface area (Å²) in [6.07, 6.45) is 0.762. The van der Waals surface area contributed by atoms with Gasteiger partial charge in [0, 0.05) is 7.05 Å². The lowest BCUT2D eigenvalue weighted by Crippen LogP contribution is -2.48. The fraction of sp³-hybridized carbons (Fsp3) is 0.889. The molecule has 1 fully saturated rings. The average molecular weight is 171 g/mol. The van der Waals surface area contributed by atoms with Gasteiger partial charge in [0.2, 0.25) is 0 Å². The van der Waals surface area contributed by atoms with Crippen LogP contribution in [0.3, 0.4) is 0 Å². The fourth-order valence-corrected chi connectivity index (χ4v) is 1.86. The average Bonchev–Trinajstić information content (AvgIpc) is 2.31. The van der Waals surface area contributed by atoms with Crippen molar-refractivity contribution >= 4 is 6.09 Å². The van der Waals surface area contributed by atoms with E-state index in [0.29, 0.717) is 12.5 Å². The highest BCUT2D eigenvalue weighted by Crippen LogP contribution is 2.32. The summed E-state index contributed by atoms with van der Waals surface area (Å²) in [7, 11) is 1.82. The summed E-state index contributed by atoms with van der Waals surface area (Å²) in [6.45, 7) is 6.89. The predicted molar refractivity (Wildman–Crippen MR) is 47.0 cm³/mol. The van der Waals surface area contributed by atoms with Gasteiger partial charge >= 0.3 is 6.09 Å². The molecular formula is C9H17NO2. The molecule has 0 saturated carbocycles. The van der Waals surface area contributed by atoms with Crippen LogP contribution in [0.15, 0.2) is 0 Å². The van der Waals surface area contributed by atoms with E-state index in [1.165, 1.54) is 0 Å². The summed E-state index contributed by atoms with van der Waals surface area (Å²) in [5.74, 6) is 0.443. The first kappa shape index (κ1) is 9.36. The molecule has 3 heteroatoms. The first-order valence-electron chi connectivity index (χ1n) is 4.45. The van der Waals surface area contributed by atoms with Crippen molar-refractivity contribution in [2.24, 2.45) is 5.92 Å². The van der Waals surface area contributed by atoms with Gasteiger partial charge in [-0.2, -0.15) is 0 Å². The smallest absolute Gasteiger partial charge is 0.410 e. The van der Waals surface area contributed by atoms with Crippen LogP contribution in [0, 0.1) is 5.92 Å². The zero-order valence-electron chi connectivity index (χ0n) is 8.26. The summed E-state index contributed by atoms with van der Waals surface area (Å²) in [5.41, 5.74) is -0.0723. The van der Waals surface area contributed by atoms with Crippen LogP contribution in [0.25, 0.3) is 0 Å². The Hall–Kier alpha value is -0.730. The van der Waals surface area contributed by atoms with E-state index in [1.807, 2.05) is 7.05 Å². The number of cyclic esters (lactones) is 1. The van der Waals surface area contributed by atoms with E-state index in [4.69, 9.17) is 4.74 Å². The molecule has 1 amide bonds. The fourth-order valence-electron chi connectivity index (χ4n) is 1.86. The van der Waals surface area contributed by atoms with Gasteiger partial charge in [-0.25, -0.2) is 4.79 Å². The second-order valence-corrected chi connectivity index (χ2v) is 3.73. The van der Waals surface area contributed by atoms with Crippen LogP contribution < -0.4 is 0 Å². The highest BCUT2D eigenvalue weighted by molar-refractivity contribution is 5.70. The molecule has 12 heavy (non-hydrogen) atoms. The zero-order chi connectivity index (χ0) is 9.35. The van der Waals surface area contributed by atoms with E-state index in [1.54, 1.807) is 4.90 Å². The molecule has 0 N–H and O–H groups in total. The molecular weight excluding hydrogens is 154 g/mol. The second-order valence-electron chi connectivity index (χ2n) is 3.73. The van der Waals surface area contributed by atoms with Gasteiger partial charge in [-0.05, 0) is 12.3 Å². The monoisotopic (exact) mass is 171 g/mol. The molecule has 1 unspecified atom stereocenters. The molecule has 0 aromatic rings. The number of rotatable bonds is 2. The molecule has 0 aromatic heterocycles. The second kappa shape index (κ2) is 2.96. The number of likely N-dealkylation sites (N-methyl/N-ethyl adjacent to an activating group) is 1. The number of amides is 1. The molecule has 0 aliphatic carbocycles. The van der Waals surface area contributed by atoms with Gasteiger partial charge in [0.15, 0.2) is 0 Å². The molecule has 1 heterocycles. The van der Waals surface area contributed by atoms with Gasteiger partial charge in [-0.1, -0.05) is 20.8 Å². The Morgan fingerprint density at radius 2 is 2.25 bits per heavy atom.